The van der Waals surface area contributed by atoms with Gasteiger partial charge in [0.25, 0.3) is 5.91 Å². The summed E-state index contributed by atoms with van der Waals surface area (Å²) in [6, 6.07) is 6.15. The van der Waals surface area contributed by atoms with Gasteiger partial charge in [-0.15, -0.1) is 12.4 Å². The van der Waals surface area contributed by atoms with Gasteiger partial charge in [-0.3, -0.25) is 9.69 Å². The SMILES string of the molecule is Cc1ccc(C[C@@H]2CN(CCCNS(C)(=O)=O)CCN2C(=O)c2cc(C(F)(F)F)cc(C(F)(F)F)c2)cc1C.Cl. The number of sulfonamides is 1. The lowest BCUT2D eigenvalue weighted by molar-refractivity contribution is -0.143. The summed E-state index contributed by atoms with van der Waals surface area (Å²) in [6.07, 6.45) is -8.24. The molecule has 2 aromatic carbocycles. The van der Waals surface area contributed by atoms with Crippen LogP contribution in [0.25, 0.3) is 0 Å². The standard InChI is InChI=1S/C26H31F6N3O3S.ClH/c1-17-5-6-19(11-18(17)2)12-23-16-34(8-4-7-33-39(3,37)38)9-10-35(23)24(36)20-13-21(25(27,28)29)15-22(14-20)26(30,31)32;/h5-6,11,13-15,23,33H,4,7-10,12,16H2,1-3H3;1H/t23-;/m1./s1. The number of piperazine rings is 1. The Balaban J connectivity index is 0.00000560. The second-order valence-electron chi connectivity index (χ2n) is 9.89. The molecule has 1 aliphatic heterocycles. The van der Waals surface area contributed by atoms with E-state index in [2.05, 4.69) is 4.72 Å². The summed E-state index contributed by atoms with van der Waals surface area (Å²) in [5.74, 6) is -0.904. The second kappa shape index (κ2) is 13.1. The predicted molar refractivity (Wildman–Crippen MR) is 142 cm³/mol. The van der Waals surface area contributed by atoms with Gasteiger partial charge in [0.15, 0.2) is 0 Å². The van der Waals surface area contributed by atoms with E-state index >= 15 is 0 Å². The van der Waals surface area contributed by atoms with Crippen LogP contribution < -0.4 is 4.72 Å². The van der Waals surface area contributed by atoms with Gasteiger partial charge in [-0.1, -0.05) is 18.2 Å². The van der Waals surface area contributed by atoms with E-state index in [0.717, 1.165) is 22.9 Å². The molecule has 0 aliphatic carbocycles. The third-order valence-corrected chi connectivity index (χ3v) is 7.45. The number of alkyl halides is 6. The van der Waals surface area contributed by atoms with E-state index < -0.39 is 51.0 Å². The van der Waals surface area contributed by atoms with Gasteiger partial charge >= 0.3 is 12.4 Å². The van der Waals surface area contributed by atoms with Gasteiger partial charge in [-0.2, -0.15) is 26.3 Å². The van der Waals surface area contributed by atoms with Gasteiger partial charge in [0.2, 0.25) is 10.0 Å². The first-order valence-electron chi connectivity index (χ1n) is 12.3. The van der Waals surface area contributed by atoms with E-state index in [9.17, 15) is 39.6 Å². The summed E-state index contributed by atoms with van der Waals surface area (Å²) >= 11 is 0. The zero-order valence-corrected chi connectivity index (χ0v) is 23.8. The first kappa shape index (κ1) is 33.9. The van der Waals surface area contributed by atoms with Crippen LogP contribution in [-0.2, 0) is 28.8 Å². The number of halogens is 7. The average molecular weight is 616 g/mol. The molecule has 1 amide bonds. The molecule has 0 aromatic heterocycles. The molecule has 1 aliphatic rings. The van der Waals surface area contributed by atoms with Crippen LogP contribution in [-0.4, -0.2) is 69.1 Å². The lowest BCUT2D eigenvalue weighted by Gasteiger charge is -2.42. The number of amides is 1. The first-order valence-corrected chi connectivity index (χ1v) is 14.2. The van der Waals surface area contributed by atoms with Crippen LogP contribution in [0.4, 0.5) is 26.3 Å². The Hall–Kier alpha value is -2.35. The number of nitrogens with one attached hydrogen (secondary N) is 1. The Labute approximate surface area is 236 Å². The molecule has 1 fully saturated rings. The molecule has 1 atom stereocenters. The average Bonchev–Trinajstić information content (AvgIpc) is 2.82. The Morgan fingerprint density at radius 2 is 1.55 bits per heavy atom. The van der Waals surface area contributed by atoms with Crippen molar-refractivity contribution in [3.8, 4) is 0 Å². The van der Waals surface area contributed by atoms with Crippen molar-refractivity contribution >= 4 is 28.3 Å². The Kier molecular flexibility index (Phi) is 11.1. The largest absolute Gasteiger partial charge is 0.416 e. The Morgan fingerprint density at radius 1 is 0.950 bits per heavy atom. The number of carbonyl (C=O) groups is 1. The first-order chi connectivity index (χ1) is 17.9. The van der Waals surface area contributed by atoms with Crippen molar-refractivity contribution in [2.45, 2.75) is 45.1 Å². The fourth-order valence-electron chi connectivity index (χ4n) is 4.57. The lowest BCUT2D eigenvalue weighted by atomic mass is 9.97. The molecule has 1 heterocycles. The maximum atomic E-state index is 13.5. The molecule has 0 unspecified atom stereocenters. The molecule has 0 bridgehead atoms. The molecule has 224 valence electrons. The number of benzene rings is 2. The van der Waals surface area contributed by atoms with Crippen molar-refractivity contribution in [1.82, 2.24) is 14.5 Å². The van der Waals surface area contributed by atoms with Gasteiger partial charge in [-0.05, 0) is 68.1 Å². The maximum absolute atomic E-state index is 13.5. The fraction of sp³-hybridized carbons (Fsp3) is 0.500. The number of nitrogens with zero attached hydrogens (tertiary/aromatic N) is 2. The molecule has 0 spiro atoms. The van der Waals surface area contributed by atoms with Crippen LogP contribution in [0.1, 0.15) is 44.6 Å². The van der Waals surface area contributed by atoms with Gasteiger partial charge in [-0.25, -0.2) is 13.1 Å². The minimum Gasteiger partial charge on any atom is -0.333 e. The fourth-order valence-corrected chi connectivity index (χ4v) is 5.09. The predicted octanol–water partition coefficient (Wildman–Crippen LogP) is 5.07. The number of rotatable bonds is 8. The van der Waals surface area contributed by atoms with Crippen LogP contribution >= 0.6 is 12.4 Å². The maximum Gasteiger partial charge on any atom is 0.416 e. The van der Waals surface area contributed by atoms with E-state index in [4.69, 9.17) is 0 Å². The third-order valence-electron chi connectivity index (χ3n) is 6.72. The topological polar surface area (TPSA) is 69.7 Å². The van der Waals surface area contributed by atoms with Crippen molar-refractivity contribution in [1.29, 1.82) is 0 Å². The van der Waals surface area contributed by atoms with E-state index in [1.165, 1.54) is 4.90 Å². The minimum atomic E-state index is -5.06. The molecule has 14 heteroatoms. The number of hydrogen-bond donors (Lipinski definition) is 1. The summed E-state index contributed by atoms with van der Waals surface area (Å²) in [5, 5.41) is 0. The number of hydrogen-bond acceptors (Lipinski definition) is 4. The van der Waals surface area contributed by atoms with Crippen LogP contribution in [0.15, 0.2) is 36.4 Å². The minimum absolute atomic E-state index is 0. The monoisotopic (exact) mass is 615 g/mol. The van der Waals surface area contributed by atoms with E-state index in [1.807, 2.05) is 36.9 Å². The lowest BCUT2D eigenvalue weighted by Crippen LogP contribution is -2.56. The smallest absolute Gasteiger partial charge is 0.333 e. The van der Waals surface area contributed by atoms with E-state index in [1.54, 1.807) is 0 Å². The number of aryl methyl sites for hydroxylation is 2. The molecule has 3 rings (SSSR count). The van der Waals surface area contributed by atoms with Crippen LogP contribution in [0.5, 0.6) is 0 Å². The third kappa shape index (κ3) is 9.35. The summed E-state index contributed by atoms with van der Waals surface area (Å²) in [4.78, 5) is 16.8. The van der Waals surface area contributed by atoms with Crippen LogP contribution in [0.3, 0.4) is 0 Å². The molecular weight excluding hydrogens is 584 g/mol. The van der Waals surface area contributed by atoms with Crippen molar-refractivity contribution < 1.29 is 39.6 Å². The van der Waals surface area contributed by atoms with E-state index in [0.29, 0.717) is 44.6 Å². The summed E-state index contributed by atoms with van der Waals surface area (Å²) in [6.45, 7) is 5.31. The normalized spacial score (nSPS) is 17.0. The summed E-state index contributed by atoms with van der Waals surface area (Å²) in [7, 11) is -3.35. The molecule has 40 heavy (non-hydrogen) atoms. The van der Waals surface area contributed by atoms with Gasteiger partial charge < -0.3 is 4.90 Å². The van der Waals surface area contributed by atoms with Crippen LogP contribution in [0.2, 0.25) is 0 Å². The van der Waals surface area contributed by atoms with Gasteiger partial charge in [0, 0.05) is 37.8 Å². The van der Waals surface area contributed by atoms with E-state index in [-0.39, 0.29) is 31.6 Å². The second-order valence-corrected chi connectivity index (χ2v) is 11.7. The molecule has 6 nitrogen and oxygen atoms in total. The molecule has 0 radical (unpaired) electrons. The molecule has 2 aromatic rings. The molecule has 1 saturated heterocycles. The summed E-state index contributed by atoms with van der Waals surface area (Å²) < 4.78 is 105. The van der Waals surface area contributed by atoms with Crippen molar-refractivity contribution in [3.63, 3.8) is 0 Å². The highest BCUT2D eigenvalue weighted by Gasteiger charge is 2.39. The van der Waals surface area contributed by atoms with Crippen molar-refractivity contribution in [2.75, 3.05) is 39.0 Å². The van der Waals surface area contributed by atoms with Gasteiger partial charge in [0.1, 0.15) is 0 Å². The number of carbonyl (C=O) groups excluding carboxylic acids is 1. The zero-order valence-electron chi connectivity index (χ0n) is 22.2. The van der Waals surface area contributed by atoms with Gasteiger partial charge in [0.05, 0.1) is 17.4 Å². The summed E-state index contributed by atoms with van der Waals surface area (Å²) in [5.41, 5.74) is -0.807. The molecule has 1 N–H and O–H groups in total. The molecular formula is C26H32ClF6N3O3S. The quantitative estimate of drug-likeness (QED) is 0.333. The van der Waals surface area contributed by atoms with Crippen molar-refractivity contribution in [3.05, 3.63) is 69.8 Å². The molecule has 0 saturated carbocycles. The Bertz CT molecular complexity index is 1270. The van der Waals surface area contributed by atoms with Crippen molar-refractivity contribution in [2.24, 2.45) is 0 Å². The Morgan fingerprint density at radius 3 is 2.08 bits per heavy atom. The highest BCUT2D eigenvalue weighted by Crippen LogP contribution is 2.37. The highest BCUT2D eigenvalue weighted by molar-refractivity contribution is 7.88. The van der Waals surface area contributed by atoms with Crippen LogP contribution in [0, 0.1) is 13.8 Å². The zero-order chi connectivity index (χ0) is 29.2. The highest BCUT2D eigenvalue weighted by atomic mass is 35.5.